The van der Waals surface area contributed by atoms with Gasteiger partial charge >= 0.3 is 0 Å². The van der Waals surface area contributed by atoms with Gasteiger partial charge in [-0.15, -0.1) is 0 Å². The summed E-state index contributed by atoms with van der Waals surface area (Å²) in [4.78, 5) is 13.3. The van der Waals surface area contributed by atoms with Crippen molar-refractivity contribution in [3.63, 3.8) is 0 Å². The van der Waals surface area contributed by atoms with E-state index in [4.69, 9.17) is 0 Å². The van der Waals surface area contributed by atoms with Crippen LogP contribution in [0.1, 0.15) is 47.2 Å². The van der Waals surface area contributed by atoms with Crippen molar-refractivity contribution < 1.29 is 4.79 Å². The van der Waals surface area contributed by atoms with E-state index in [2.05, 4.69) is 70.5 Å². The lowest BCUT2D eigenvalue weighted by Gasteiger charge is -2.25. The number of piperidine rings is 1. The molecule has 30 heavy (non-hydrogen) atoms. The third-order valence-corrected chi connectivity index (χ3v) is 6.60. The third kappa shape index (κ3) is 3.68. The number of carbonyl (C=O) groups is 1. The molecule has 3 aromatic rings. The lowest BCUT2D eigenvalue weighted by atomic mass is 9.96. The van der Waals surface area contributed by atoms with E-state index in [1.54, 1.807) is 0 Å². The molecule has 0 atom stereocenters. The fourth-order valence-electron chi connectivity index (χ4n) is 4.67. The molecule has 1 heterocycles. The van der Waals surface area contributed by atoms with E-state index in [-0.39, 0.29) is 11.4 Å². The zero-order valence-electron chi connectivity index (χ0n) is 17.5. The number of benzene rings is 3. The Bertz CT molecular complexity index is 1080. The van der Waals surface area contributed by atoms with Crippen molar-refractivity contribution in [1.82, 2.24) is 10.6 Å². The first-order valence-electron chi connectivity index (χ1n) is 11.0. The standard InChI is InChI=1S/C26H29N3O/c1-18-9-10-21(28-20-11-15-27-16-12-20)17-23(18)25(30)29-26(13-14-26)24-8-4-6-19-5-2-3-7-22(19)24/h2-10,17,20,27-28H,11-16H2,1H3,(H,29,30). The Morgan fingerprint density at radius 2 is 1.77 bits per heavy atom. The fraction of sp³-hybridized carbons (Fsp3) is 0.346. The summed E-state index contributed by atoms with van der Waals surface area (Å²) < 4.78 is 0. The Labute approximate surface area is 178 Å². The number of anilines is 1. The number of nitrogens with one attached hydrogen (secondary N) is 3. The normalized spacial score (nSPS) is 18.2. The molecule has 154 valence electrons. The lowest BCUT2D eigenvalue weighted by Crippen LogP contribution is -2.36. The predicted octanol–water partition coefficient (Wildman–Crippen LogP) is 4.73. The van der Waals surface area contributed by atoms with Crippen molar-refractivity contribution >= 4 is 22.4 Å². The van der Waals surface area contributed by atoms with Gasteiger partial charge < -0.3 is 16.0 Å². The summed E-state index contributed by atoms with van der Waals surface area (Å²) in [6.45, 7) is 4.11. The first-order chi connectivity index (χ1) is 14.6. The minimum atomic E-state index is -0.247. The Balaban J connectivity index is 1.39. The van der Waals surface area contributed by atoms with Crippen LogP contribution in [0.3, 0.4) is 0 Å². The third-order valence-electron chi connectivity index (χ3n) is 6.60. The van der Waals surface area contributed by atoms with Crippen LogP contribution in [0.5, 0.6) is 0 Å². The SMILES string of the molecule is Cc1ccc(NC2CCNCC2)cc1C(=O)NC1(c2cccc3ccccc23)CC1. The Hall–Kier alpha value is -2.85. The zero-order chi connectivity index (χ0) is 20.6. The largest absolute Gasteiger partial charge is 0.382 e. The number of aryl methyl sites for hydroxylation is 1. The second kappa shape index (κ2) is 7.77. The van der Waals surface area contributed by atoms with E-state index < -0.39 is 0 Å². The molecular weight excluding hydrogens is 370 g/mol. The van der Waals surface area contributed by atoms with Crippen LogP contribution in [-0.4, -0.2) is 25.0 Å². The lowest BCUT2D eigenvalue weighted by molar-refractivity contribution is 0.0930. The summed E-state index contributed by atoms with van der Waals surface area (Å²) in [6.07, 6.45) is 4.19. The summed E-state index contributed by atoms with van der Waals surface area (Å²) >= 11 is 0. The summed E-state index contributed by atoms with van der Waals surface area (Å²) in [5.41, 5.74) is 3.80. The molecule has 2 fully saturated rings. The maximum atomic E-state index is 13.3. The molecule has 0 radical (unpaired) electrons. The average molecular weight is 400 g/mol. The van der Waals surface area contributed by atoms with E-state index in [1.807, 2.05) is 13.0 Å². The molecule has 4 nitrogen and oxygen atoms in total. The van der Waals surface area contributed by atoms with E-state index in [0.29, 0.717) is 6.04 Å². The van der Waals surface area contributed by atoms with Crippen LogP contribution in [0.15, 0.2) is 60.7 Å². The van der Waals surface area contributed by atoms with Crippen molar-refractivity contribution in [2.75, 3.05) is 18.4 Å². The van der Waals surface area contributed by atoms with Gasteiger partial charge in [-0.3, -0.25) is 4.79 Å². The van der Waals surface area contributed by atoms with Gasteiger partial charge in [0.1, 0.15) is 0 Å². The Morgan fingerprint density at radius 1 is 1.00 bits per heavy atom. The van der Waals surface area contributed by atoms with E-state index in [0.717, 1.165) is 55.6 Å². The highest BCUT2D eigenvalue weighted by Crippen LogP contribution is 2.48. The van der Waals surface area contributed by atoms with Crippen molar-refractivity contribution in [2.45, 2.75) is 44.2 Å². The van der Waals surface area contributed by atoms with Gasteiger partial charge in [0.2, 0.25) is 0 Å². The number of rotatable bonds is 5. The molecule has 5 rings (SSSR count). The number of fused-ring (bicyclic) bond motifs is 1. The summed E-state index contributed by atoms with van der Waals surface area (Å²) in [5.74, 6) is 0.0203. The highest BCUT2D eigenvalue weighted by atomic mass is 16.1. The summed E-state index contributed by atoms with van der Waals surface area (Å²) in [6, 6.07) is 21.5. The minimum Gasteiger partial charge on any atom is -0.382 e. The van der Waals surface area contributed by atoms with Crippen LogP contribution >= 0.6 is 0 Å². The molecule has 1 aliphatic heterocycles. The second-order valence-electron chi connectivity index (χ2n) is 8.76. The van der Waals surface area contributed by atoms with Gasteiger partial charge in [0.25, 0.3) is 5.91 Å². The molecule has 1 saturated heterocycles. The molecule has 0 spiro atoms. The summed E-state index contributed by atoms with van der Waals surface area (Å²) in [7, 11) is 0. The van der Waals surface area contributed by atoms with Gasteiger partial charge in [0.15, 0.2) is 0 Å². The van der Waals surface area contributed by atoms with Gasteiger partial charge in [-0.1, -0.05) is 48.5 Å². The zero-order valence-corrected chi connectivity index (χ0v) is 17.5. The molecule has 3 aromatic carbocycles. The van der Waals surface area contributed by atoms with Crippen LogP contribution in [0, 0.1) is 6.92 Å². The molecule has 2 aliphatic rings. The minimum absolute atomic E-state index is 0.0203. The average Bonchev–Trinajstić information content (AvgIpc) is 3.55. The van der Waals surface area contributed by atoms with Gasteiger partial charge in [-0.05, 0) is 79.7 Å². The molecule has 0 aromatic heterocycles. The maximum absolute atomic E-state index is 13.3. The van der Waals surface area contributed by atoms with Gasteiger partial charge in [-0.2, -0.15) is 0 Å². The van der Waals surface area contributed by atoms with Crippen molar-refractivity contribution in [2.24, 2.45) is 0 Å². The van der Waals surface area contributed by atoms with Crippen LogP contribution in [0.4, 0.5) is 5.69 Å². The van der Waals surface area contributed by atoms with Crippen molar-refractivity contribution in [3.05, 3.63) is 77.4 Å². The van der Waals surface area contributed by atoms with Crippen molar-refractivity contribution in [3.8, 4) is 0 Å². The van der Waals surface area contributed by atoms with Crippen molar-refractivity contribution in [1.29, 1.82) is 0 Å². The van der Waals surface area contributed by atoms with Gasteiger partial charge in [0, 0.05) is 17.3 Å². The van der Waals surface area contributed by atoms with Crippen LogP contribution in [0.25, 0.3) is 10.8 Å². The van der Waals surface area contributed by atoms with Crippen LogP contribution in [-0.2, 0) is 5.54 Å². The Kier molecular flexibility index (Phi) is 4.95. The topological polar surface area (TPSA) is 53.2 Å². The fourth-order valence-corrected chi connectivity index (χ4v) is 4.67. The molecule has 1 amide bonds. The molecule has 1 saturated carbocycles. The highest BCUT2D eigenvalue weighted by molar-refractivity contribution is 5.98. The first kappa shape index (κ1) is 19.1. The highest BCUT2D eigenvalue weighted by Gasteiger charge is 2.46. The molecular formula is C26H29N3O. The van der Waals surface area contributed by atoms with Gasteiger partial charge in [-0.25, -0.2) is 0 Å². The first-order valence-corrected chi connectivity index (χ1v) is 11.0. The van der Waals surface area contributed by atoms with E-state index >= 15 is 0 Å². The van der Waals surface area contributed by atoms with Crippen LogP contribution in [0.2, 0.25) is 0 Å². The Morgan fingerprint density at radius 3 is 2.57 bits per heavy atom. The quantitative estimate of drug-likeness (QED) is 0.581. The molecule has 1 aliphatic carbocycles. The van der Waals surface area contributed by atoms with E-state index in [1.165, 1.54) is 16.3 Å². The monoisotopic (exact) mass is 399 g/mol. The predicted molar refractivity (Wildman–Crippen MR) is 123 cm³/mol. The molecule has 0 bridgehead atoms. The van der Waals surface area contributed by atoms with Crippen LogP contribution < -0.4 is 16.0 Å². The molecule has 4 heteroatoms. The maximum Gasteiger partial charge on any atom is 0.252 e. The number of hydrogen-bond acceptors (Lipinski definition) is 3. The van der Waals surface area contributed by atoms with E-state index in [9.17, 15) is 4.79 Å². The number of amides is 1. The summed E-state index contributed by atoms with van der Waals surface area (Å²) in [5, 5.41) is 12.9. The number of hydrogen-bond donors (Lipinski definition) is 3. The molecule has 0 unspecified atom stereocenters. The smallest absolute Gasteiger partial charge is 0.252 e. The number of carbonyl (C=O) groups excluding carboxylic acids is 1. The second-order valence-corrected chi connectivity index (χ2v) is 8.76. The van der Waals surface area contributed by atoms with Gasteiger partial charge in [0.05, 0.1) is 5.54 Å². The molecule has 3 N–H and O–H groups in total.